The van der Waals surface area contributed by atoms with E-state index in [0.717, 1.165) is 17.6 Å². The van der Waals surface area contributed by atoms with Crippen molar-refractivity contribution < 1.29 is 9.53 Å². The monoisotopic (exact) mass is 353 g/mol. The zero-order valence-corrected chi connectivity index (χ0v) is 15.0. The van der Waals surface area contributed by atoms with Gasteiger partial charge in [-0.1, -0.05) is 18.2 Å². The molecule has 7 heteroatoms. The van der Waals surface area contributed by atoms with Crippen LogP contribution >= 0.6 is 0 Å². The lowest BCUT2D eigenvalue weighted by Crippen LogP contribution is -2.27. The third-order valence-corrected chi connectivity index (χ3v) is 4.03. The molecule has 0 aliphatic carbocycles. The Kier molecular flexibility index (Phi) is 5.80. The van der Waals surface area contributed by atoms with E-state index in [-0.39, 0.29) is 5.91 Å². The molecule has 0 spiro atoms. The number of methoxy groups -OCH3 is 1. The Morgan fingerprint density at radius 3 is 2.92 bits per heavy atom. The van der Waals surface area contributed by atoms with Crippen molar-refractivity contribution >= 4 is 22.8 Å². The predicted octanol–water partition coefficient (Wildman–Crippen LogP) is 2.30. The predicted molar refractivity (Wildman–Crippen MR) is 101 cm³/mol. The second-order valence-electron chi connectivity index (χ2n) is 6.00. The second-order valence-corrected chi connectivity index (χ2v) is 6.00. The number of rotatable bonds is 8. The van der Waals surface area contributed by atoms with E-state index in [9.17, 15) is 4.79 Å². The van der Waals surface area contributed by atoms with Gasteiger partial charge in [0.15, 0.2) is 0 Å². The molecule has 0 saturated carbocycles. The van der Waals surface area contributed by atoms with Crippen LogP contribution in [0.15, 0.2) is 36.5 Å². The van der Waals surface area contributed by atoms with E-state index < -0.39 is 0 Å². The summed E-state index contributed by atoms with van der Waals surface area (Å²) in [6.07, 6.45) is 2.74. The number of H-pyrrole nitrogens is 1. The molecule has 2 heterocycles. The van der Waals surface area contributed by atoms with Crippen LogP contribution in [0.5, 0.6) is 0 Å². The first-order chi connectivity index (χ1) is 12.7. The van der Waals surface area contributed by atoms with Crippen LogP contribution in [0.1, 0.15) is 21.7 Å². The second kappa shape index (κ2) is 8.44. The number of hydrogen-bond donors (Lipinski definition) is 3. The number of nitrogens with zero attached hydrogens (tertiary/aromatic N) is 2. The highest BCUT2D eigenvalue weighted by molar-refractivity contribution is 5.92. The molecule has 1 aromatic carbocycles. The average molecular weight is 353 g/mol. The first-order valence-electron chi connectivity index (χ1n) is 8.59. The standard InChI is InChI=1S/C19H23N5O2/c1-13-11-17(24-19(23-13)21-9-10-26-2)18(25)20-8-7-14-12-22-16-6-4-3-5-15(14)16/h3-6,11-12,22H,7-10H2,1-2H3,(H,20,25)(H,21,23,24). The summed E-state index contributed by atoms with van der Waals surface area (Å²) < 4.78 is 4.99. The zero-order chi connectivity index (χ0) is 18.4. The molecular formula is C19H23N5O2. The SMILES string of the molecule is COCCNc1nc(C)cc(C(=O)NCCc2c[nH]c3ccccc23)n1. The normalized spacial score (nSPS) is 10.8. The summed E-state index contributed by atoms with van der Waals surface area (Å²) in [5, 5.41) is 7.16. The third kappa shape index (κ3) is 4.37. The van der Waals surface area contributed by atoms with Gasteiger partial charge in [-0.25, -0.2) is 9.97 Å². The molecule has 2 aromatic heterocycles. The summed E-state index contributed by atoms with van der Waals surface area (Å²) in [6, 6.07) is 9.82. The van der Waals surface area contributed by atoms with Gasteiger partial charge >= 0.3 is 0 Å². The van der Waals surface area contributed by atoms with Crippen molar-refractivity contribution in [2.75, 3.05) is 32.1 Å². The minimum absolute atomic E-state index is 0.204. The Hall–Kier alpha value is -2.93. The largest absolute Gasteiger partial charge is 0.383 e. The maximum absolute atomic E-state index is 12.4. The highest BCUT2D eigenvalue weighted by atomic mass is 16.5. The fraction of sp³-hybridized carbons (Fsp3) is 0.316. The molecule has 26 heavy (non-hydrogen) atoms. The zero-order valence-electron chi connectivity index (χ0n) is 15.0. The fourth-order valence-electron chi connectivity index (χ4n) is 2.77. The Morgan fingerprint density at radius 2 is 2.08 bits per heavy atom. The van der Waals surface area contributed by atoms with Crippen LogP contribution < -0.4 is 10.6 Å². The molecule has 3 N–H and O–H groups in total. The first-order valence-corrected chi connectivity index (χ1v) is 8.59. The molecule has 0 radical (unpaired) electrons. The van der Waals surface area contributed by atoms with Gasteiger partial charge in [-0.2, -0.15) is 0 Å². The number of carbonyl (C=O) groups excluding carboxylic acids is 1. The van der Waals surface area contributed by atoms with Crippen molar-refractivity contribution in [2.24, 2.45) is 0 Å². The van der Waals surface area contributed by atoms with Gasteiger partial charge in [0, 0.05) is 43.0 Å². The molecule has 0 aliphatic rings. The molecule has 136 valence electrons. The number of nitrogens with one attached hydrogen (secondary N) is 3. The summed E-state index contributed by atoms with van der Waals surface area (Å²) >= 11 is 0. The fourth-order valence-corrected chi connectivity index (χ4v) is 2.77. The number of fused-ring (bicyclic) bond motifs is 1. The Morgan fingerprint density at radius 1 is 1.23 bits per heavy atom. The number of aromatic amines is 1. The van der Waals surface area contributed by atoms with E-state index in [1.54, 1.807) is 13.2 Å². The molecule has 0 atom stereocenters. The molecule has 3 rings (SSSR count). The number of aryl methyl sites for hydroxylation is 1. The molecule has 0 bridgehead atoms. The topological polar surface area (TPSA) is 91.9 Å². The quantitative estimate of drug-likeness (QED) is 0.541. The lowest BCUT2D eigenvalue weighted by molar-refractivity contribution is 0.0949. The summed E-state index contributed by atoms with van der Waals surface area (Å²) in [4.78, 5) is 24.2. The number of para-hydroxylation sites is 1. The molecule has 0 fully saturated rings. The van der Waals surface area contributed by atoms with E-state index in [0.29, 0.717) is 31.3 Å². The molecule has 7 nitrogen and oxygen atoms in total. The highest BCUT2D eigenvalue weighted by Gasteiger charge is 2.11. The third-order valence-electron chi connectivity index (χ3n) is 4.03. The van der Waals surface area contributed by atoms with Crippen molar-refractivity contribution in [3.05, 3.63) is 53.5 Å². The Labute approximate surface area is 152 Å². The molecular weight excluding hydrogens is 330 g/mol. The number of anilines is 1. The van der Waals surface area contributed by atoms with Crippen molar-refractivity contribution in [3.63, 3.8) is 0 Å². The van der Waals surface area contributed by atoms with Crippen molar-refractivity contribution in [2.45, 2.75) is 13.3 Å². The van der Waals surface area contributed by atoms with E-state index in [1.165, 1.54) is 10.9 Å². The lowest BCUT2D eigenvalue weighted by atomic mass is 10.1. The van der Waals surface area contributed by atoms with E-state index in [4.69, 9.17) is 4.74 Å². The van der Waals surface area contributed by atoms with Gasteiger partial charge in [0.05, 0.1) is 6.61 Å². The number of benzene rings is 1. The summed E-state index contributed by atoms with van der Waals surface area (Å²) in [5.74, 6) is 0.231. The summed E-state index contributed by atoms with van der Waals surface area (Å²) in [6.45, 7) is 3.51. The van der Waals surface area contributed by atoms with E-state index >= 15 is 0 Å². The number of amides is 1. The van der Waals surface area contributed by atoms with Gasteiger partial charge in [-0.3, -0.25) is 4.79 Å². The van der Waals surface area contributed by atoms with E-state index in [2.05, 4.69) is 31.7 Å². The molecule has 1 amide bonds. The highest BCUT2D eigenvalue weighted by Crippen LogP contribution is 2.17. The van der Waals surface area contributed by atoms with Crippen LogP contribution in [0.2, 0.25) is 0 Å². The molecule has 0 saturated heterocycles. The van der Waals surface area contributed by atoms with Crippen LogP contribution in [-0.4, -0.2) is 47.7 Å². The maximum Gasteiger partial charge on any atom is 0.270 e. The van der Waals surface area contributed by atoms with Crippen LogP contribution in [0, 0.1) is 6.92 Å². The van der Waals surface area contributed by atoms with E-state index in [1.807, 2.05) is 31.3 Å². The first kappa shape index (κ1) is 17.9. The summed E-state index contributed by atoms with van der Waals surface area (Å²) in [7, 11) is 1.63. The van der Waals surface area contributed by atoms with Crippen LogP contribution in [0.3, 0.4) is 0 Å². The van der Waals surface area contributed by atoms with Gasteiger partial charge in [0.25, 0.3) is 5.91 Å². The number of ether oxygens (including phenoxy) is 1. The minimum atomic E-state index is -0.204. The Bertz CT molecular complexity index is 891. The van der Waals surface area contributed by atoms with Crippen molar-refractivity contribution in [1.29, 1.82) is 0 Å². The smallest absolute Gasteiger partial charge is 0.270 e. The van der Waals surface area contributed by atoms with Gasteiger partial charge in [-0.15, -0.1) is 0 Å². The summed E-state index contributed by atoms with van der Waals surface area (Å²) in [5.41, 5.74) is 3.38. The van der Waals surface area contributed by atoms with Crippen LogP contribution in [-0.2, 0) is 11.2 Å². The minimum Gasteiger partial charge on any atom is -0.383 e. The Balaban J connectivity index is 1.59. The van der Waals surface area contributed by atoms with Gasteiger partial charge in [-0.05, 0) is 31.0 Å². The average Bonchev–Trinajstić information content (AvgIpc) is 3.05. The van der Waals surface area contributed by atoms with Gasteiger partial charge < -0.3 is 20.4 Å². The maximum atomic E-state index is 12.4. The van der Waals surface area contributed by atoms with Gasteiger partial charge in [0.1, 0.15) is 5.69 Å². The van der Waals surface area contributed by atoms with Crippen molar-refractivity contribution in [3.8, 4) is 0 Å². The number of hydrogen-bond acceptors (Lipinski definition) is 5. The number of aromatic nitrogens is 3. The van der Waals surface area contributed by atoms with Crippen LogP contribution in [0.4, 0.5) is 5.95 Å². The van der Waals surface area contributed by atoms with Crippen LogP contribution in [0.25, 0.3) is 10.9 Å². The molecule has 0 aliphatic heterocycles. The van der Waals surface area contributed by atoms with Crippen molar-refractivity contribution in [1.82, 2.24) is 20.3 Å². The molecule has 3 aromatic rings. The molecule has 0 unspecified atom stereocenters. The number of carbonyl (C=O) groups is 1. The van der Waals surface area contributed by atoms with Gasteiger partial charge in [0.2, 0.25) is 5.95 Å². The lowest BCUT2D eigenvalue weighted by Gasteiger charge is -2.08.